The van der Waals surface area contributed by atoms with Gasteiger partial charge in [-0.2, -0.15) is 5.10 Å². The topological polar surface area (TPSA) is 251 Å². The molecular formula is C56H69N11O9S. The summed E-state index contributed by atoms with van der Waals surface area (Å²) in [5.41, 5.74) is 12.9. The molecule has 4 amide bonds. The summed E-state index contributed by atoms with van der Waals surface area (Å²) in [5, 5.41) is 25.0. The molecule has 8 rings (SSSR count). The number of carbonyl (C=O) groups is 4. The van der Waals surface area contributed by atoms with Crippen LogP contribution in [-0.2, 0) is 39.9 Å². The van der Waals surface area contributed by atoms with Gasteiger partial charge in [-0.05, 0) is 72.7 Å². The van der Waals surface area contributed by atoms with Gasteiger partial charge in [0.25, 0.3) is 0 Å². The number of likely N-dealkylation sites (tertiary alicyclic amines) is 2. The second-order valence-electron chi connectivity index (χ2n) is 20.2. The van der Waals surface area contributed by atoms with Crippen molar-refractivity contribution in [1.82, 2.24) is 45.2 Å². The molecule has 20 nitrogen and oxygen atoms in total. The SMILES string of the molecule is C=CC(=O)Nc1cc(-c2nn(C3CCN(CCOCCOCCOCCC(=O)N[C@@H](C(=O)N4C[C@@H](O)C[C@@H]4C(=O)NCc4ccc(-c5scnc5C)cc4)C(C)(C)C)CC3)c3ncnc(N)c23)ccc1Oc1ccccc1. The van der Waals surface area contributed by atoms with E-state index in [9.17, 15) is 24.3 Å². The molecule has 2 saturated heterocycles. The monoisotopic (exact) mass is 1070 g/mol. The van der Waals surface area contributed by atoms with E-state index in [1.54, 1.807) is 23.5 Å². The van der Waals surface area contributed by atoms with Crippen LogP contribution in [0.15, 0.2) is 97.3 Å². The second-order valence-corrected chi connectivity index (χ2v) is 21.0. The van der Waals surface area contributed by atoms with Gasteiger partial charge in [0.15, 0.2) is 11.4 Å². The number of aliphatic hydroxyl groups excluding tert-OH is 1. The lowest BCUT2D eigenvalue weighted by Crippen LogP contribution is -2.57. The number of ether oxygens (including phenoxy) is 4. The van der Waals surface area contributed by atoms with Gasteiger partial charge in [-0.15, -0.1) is 11.3 Å². The first-order chi connectivity index (χ1) is 37.2. The molecule has 3 atom stereocenters. The first-order valence-corrected chi connectivity index (χ1v) is 26.8. The highest BCUT2D eigenvalue weighted by atomic mass is 32.1. The minimum absolute atomic E-state index is 0.00890. The molecule has 21 heteroatoms. The lowest BCUT2D eigenvalue weighted by atomic mass is 9.85. The number of nitrogen functional groups attached to an aromatic ring is 1. The van der Waals surface area contributed by atoms with E-state index in [2.05, 4.69) is 42.4 Å². The van der Waals surface area contributed by atoms with Crippen LogP contribution in [0.3, 0.4) is 0 Å². The number of β-amino-alcohol motifs (C(OH)–C–C–N with tert-alkyl or cyclic N) is 1. The number of nitrogens with two attached hydrogens (primary N) is 1. The molecule has 6 N–H and O–H groups in total. The van der Waals surface area contributed by atoms with E-state index in [1.165, 1.54) is 17.3 Å². The van der Waals surface area contributed by atoms with Crippen LogP contribution < -0.4 is 26.4 Å². The predicted octanol–water partition coefficient (Wildman–Crippen LogP) is 6.31. The Hall–Kier alpha value is -7.14. The number of aryl methyl sites for hydroxylation is 1. The molecule has 3 aromatic carbocycles. The Morgan fingerprint density at radius 1 is 0.909 bits per heavy atom. The number of fused-ring (bicyclic) bond motifs is 1. The highest BCUT2D eigenvalue weighted by Gasteiger charge is 2.44. The summed E-state index contributed by atoms with van der Waals surface area (Å²) in [6, 6.07) is 20.9. The van der Waals surface area contributed by atoms with Crippen molar-refractivity contribution in [2.24, 2.45) is 5.41 Å². The zero-order valence-electron chi connectivity index (χ0n) is 44.1. The fourth-order valence-electron chi connectivity index (χ4n) is 9.42. The van der Waals surface area contributed by atoms with E-state index >= 15 is 0 Å². The summed E-state index contributed by atoms with van der Waals surface area (Å²) >= 11 is 1.57. The Morgan fingerprint density at radius 2 is 1.61 bits per heavy atom. The molecular weight excluding hydrogens is 1000 g/mol. The van der Waals surface area contributed by atoms with Gasteiger partial charge in [-0.1, -0.05) is 69.8 Å². The lowest BCUT2D eigenvalue weighted by Gasteiger charge is -2.35. The van der Waals surface area contributed by atoms with Gasteiger partial charge >= 0.3 is 0 Å². The van der Waals surface area contributed by atoms with Crippen LogP contribution in [0.25, 0.3) is 32.7 Å². The first kappa shape index (κ1) is 56.1. The molecule has 0 bridgehead atoms. The van der Waals surface area contributed by atoms with Crippen molar-refractivity contribution >= 4 is 57.5 Å². The van der Waals surface area contributed by atoms with Crippen LogP contribution >= 0.6 is 11.3 Å². The predicted molar refractivity (Wildman–Crippen MR) is 294 cm³/mol. The number of piperidine rings is 1. The number of thiazole rings is 1. The van der Waals surface area contributed by atoms with Gasteiger partial charge in [-0.3, -0.25) is 19.2 Å². The molecule has 0 spiro atoms. The van der Waals surface area contributed by atoms with Crippen molar-refractivity contribution in [1.29, 1.82) is 0 Å². The third kappa shape index (κ3) is 14.7. The number of aromatic nitrogens is 5. The van der Waals surface area contributed by atoms with E-state index in [0.717, 1.165) is 54.2 Å². The van der Waals surface area contributed by atoms with Crippen LogP contribution in [-0.4, -0.2) is 147 Å². The minimum atomic E-state index is -0.936. The number of rotatable bonds is 24. The quantitative estimate of drug-likeness (QED) is 0.0329. The summed E-state index contributed by atoms with van der Waals surface area (Å²) in [4.78, 5) is 71.1. The number of hydrogen-bond acceptors (Lipinski definition) is 16. The van der Waals surface area contributed by atoms with Crippen molar-refractivity contribution in [2.75, 3.05) is 76.9 Å². The Kier molecular flexibility index (Phi) is 19.1. The second kappa shape index (κ2) is 26.3. The molecule has 408 valence electrons. The zero-order valence-corrected chi connectivity index (χ0v) is 44.9. The number of amides is 4. The molecule has 0 saturated carbocycles. The lowest BCUT2D eigenvalue weighted by molar-refractivity contribution is -0.144. The van der Waals surface area contributed by atoms with Gasteiger partial charge in [0, 0.05) is 51.1 Å². The van der Waals surface area contributed by atoms with Crippen molar-refractivity contribution in [3.05, 3.63) is 109 Å². The number of benzene rings is 3. The number of anilines is 2. The van der Waals surface area contributed by atoms with E-state index < -0.39 is 29.5 Å². The van der Waals surface area contributed by atoms with Crippen molar-refractivity contribution < 1.29 is 43.2 Å². The standard InChI is InChI=1S/C56H69N11O9S/c1-6-46(69)62-43-30-39(16-17-45(43)76-42-10-8-7-9-11-42)49-48-52(57)59-34-60-53(48)67(64-49)40-18-21-65(22-19-40)23-25-74-27-29-75-28-26-73-24-20-47(70)63-51(56(3,4)5)55(72)66-33-41(68)31-44(66)54(71)58-32-37-12-14-38(15-13-37)50-36(2)61-35-77-50/h6-17,30,34-35,40-41,44,51,68H,1,18-29,31-33H2,2-5H3,(H,58,71)(H,62,69)(H,63,70)(H2,57,59,60)/t41-,44+,51-/m0/s1. The highest BCUT2D eigenvalue weighted by Crippen LogP contribution is 2.39. The van der Waals surface area contributed by atoms with Crippen LogP contribution in [0.5, 0.6) is 11.5 Å². The fraction of sp³-hybridized carbons (Fsp3) is 0.429. The van der Waals surface area contributed by atoms with Gasteiger partial charge in [-0.25, -0.2) is 19.6 Å². The number of nitrogens with zero attached hydrogens (tertiary/aromatic N) is 7. The van der Waals surface area contributed by atoms with Crippen LogP contribution in [0.2, 0.25) is 0 Å². The Morgan fingerprint density at radius 3 is 2.30 bits per heavy atom. The number of hydrogen-bond donors (Lipinski definition) is 5. The molecule has 2 aliphatic heterocycles. The molecule has 5 heterocycles. The third-order valence-corrected chi connectivity index (χ3v) is 14.5. The Balaban J connectivity index is 0.716. The van der Waals surface area contributed by atoms with Gasteiger partial charge in [0.2, 0.25) is 23.6 Å². The summed E-state index contributed by atoms with van der Waals surface area (Å²) in [7, 11) is 0. The number of para-hydroxylation sites is 1. The number of carbonyl (C=O) groups excluding carboxylic acids is 4. The summed E-state index contributed by atoms with van der Waals surface area (Å²) in [6.45, 7) is 15.9. The number of aliphatic hydroxyl groups is 1. The molecule has 6 aromatic rings. The van der Waals surface area contributed by atoms with Gasteiger partial charge in [0.1, 0.15) is 35.7 Å². The normalized spacial score (nSPS) is 16.6. The van der Waals surface area contributed by atoms with E-state index in [1.807, 2.05) is 98.6 Å². The molecule has 77 heavy (non-hydrogen) atoms. The molecule has 3 aromatic heterocycles. The van der Waals surface area contributed by atoms with Gasteiger partial charge < -0.3 is 55.5 Å². The first-order valence-electron chi connectivity index (χ1n) is 26.0. The maximum Gasteiger partial charge on any atom is 0.247 e. The van der Waals surface area contributed by atoms with E-state index in [4.69, 9.17) is 29.8 Å². The summed E-state index contributed by atoms with van der Waals surface area (Å²) in [5.74, 6) is -0.155. The smallest absolute Gasteiger partial charge is 0.247 e. The van der Waals surface area contributed by atoms with Crippen LogP contribution in [0.1, 0.15) is 63.8 Å². The zero-order chi connectivity index (χ0) is 54.5. The van der Waals surface area contributed by atoms with E-state index in [0.29, 0.717) is 71.7 Å². The van der Waals surface area contributed by atoms with Crippen LogP contribution in [0, 0.1) is 12.3 Å². The average molecular weight is 1070 g/mol. The maximum atomic E-state index is 14.0. The van der Waals surface area contributed by atoms with Crippen molar-refractivity contribution in [3.63, 3.8) is 0 Å². The largest absolute Gasteiger partial charge is 0.455 e. The van der Waals surface area contributed by atoms with Crippen molar-refractivity contribution in [2.45, 2.75) is 84.2 Å². The molecule has 2 aliphatic rings. The maximum absolute atomic E-state index is 14.0. The Labute approximate surface area is 452 Å². The van der Waals surface area contributed by atoms with Crippen molar-refractivity contribution in [3.8, 4) is 33.2 Å². The molecule has 2 fully saturated rings. The Bertz CT molecular complexity index is 2970. The number of nitrogens with one attached hydrogen (secondary N) is 3. The minimum Gasteiger partial charge on any atom is -0.455 e. The third-order valence-electron chi connectivity index (χ3n) is 13.6. The summed E-state index contributed by atoms with van der Waals surface area (Å²) in [6.07, 6.45) is 3.58. The van der Waals surface area contributed by atoms with Gasteiger partial charge in [0.05, 0.1) is 78.9 Å². The summed E-state index contributed by atoms with van der Waals surface area (Å²) < 4.78 is 25.3. The highest BCUT2D eigenvalue weighted by molar-refractivity contribution is 7.13. The molecule has 0 aliphatic carbocycles. The average Bonchev–Trinajstić information content (AvgIpc) is 4.20. The van der Waals surface area contributed by atoms with E-state index in [-0.39, 0.29) is 62.9 Å². The molecule has 0 radical (unpaired) electrons. The molecule has 0 unspecified atom stereocenters. The fourth-order valence-corrected chi connectivity index (χ4v) is 10.2. The van der Waals surface area contributed by atoms with Crippen LogP contribution in [0.4, 0.5) is 11.5 Å².